The number of amides is 1. The van der Waals surface area contributed by atoms with Gasteiger partial charge in [-0.25, -0.2) is 4.98 Å². The van der Waals surface area contributed by atoms with Crippen LogP contribution in [0.25, 0.3) is 0 Å². The van der Waals surface area contributed by atoms with Gasteiger partial charge in [0, 0.05) is 17.9 Å². The van der Waals surface area contributed by atoms with Gasteiger partial charge in [-0.3, -0.25) is 4.79 Å². The van der Waals surface area contributed by atoms with Crippen molar-refractivity contribution in [2.75, 3.05) is 10.6 Å². The summed E-state index contributed by atoms with van der Waals surface area (Å²) in [5.41, 5.74) is 2.79. The third-order valence-electron chi connectivity index (χ3n) is 2.97. The molecule has 0 atom stereocenters. The molecule has 0 aliphatic carbocycles. The first kappa shape index (κ1) is 15.3. The first-order chi connectivity index (χ1) is 9.99. The van der Waals surface area contributed by atoms with Crippen molar-refractivity contribution in [1.29, 1.82) is 0 Å². The number of aryl methyl sites for hydroxylation is 1. The molecule has 2 rings (SSSR count). The molecule has 4 nitrogen and oxygen atoms in total. The van der Waals surface area contributed by atoms with E-state index in [4.69, 9.17) is 11.6 Å². The molecule has 1 amide bonds. The van der Waals surface area contributed by atoms with Gasteiger partial charge in [0.05, 0.1) is 11.3 Å². The van der Waals surface area contributed by atoms with E-state index in [9.17, 15) is 4.79 Å². The Morgan fingerprint density at radius 2 is 1.95 bits per heavy atom. The van der Waals surface area contributed by atoms with E-state index in [1.54, 1.807) is 18.3 Å². The van der Waals surface area contributed by atoms with E-state index in [1.165, 1.54) is 0 Å². The second-order valence-corrected chi connectivity index (χ2v) is 5.45. The number of aromatic nitrogens is 1. The van der Waals surface area contributed by atoms with E-state index in [2.05, 4.69) is 15.6 Å². The van der Waals surface area contributed by atoms with Crippen LogP contribution in [0.5, 0.6) is 0 Å². The molecule has 1 heterocycles. The van der Waals surface area contributed by atoms with Gasteiger partial charge in [0.15, 0.2) is 5.15 Å². The summed E-state index contributed by atoms with van der Waals surface area (Å²) < 4.78 is 0. The fourth-order valence-electron chi connectivity index (χ4n) is 1.97. The maximum absolute atomic E-state index is 12.5. The first-order valence-electron chi connectivity index (χ1n) is 6.77. The number of pyridine rings is 1. The molecule has 0 aliphatic heterocycles. The molecule has 0 aliphatic rings. The Kier molecular flexibility index (Phi) is 4.81. The van der Waals surface area contributed by atoms with E-state index in [0.29, 0.717) is 11.3 Å². The number of rotatable bonds is 4. The van der Waals surface area contributed by atoms with Crippen molar-refractivity contribution >= 4 is 28.9 Å². The van der Waals surface area contributed by atoms with Crippen LogP contribution in [-0.2, 0) is 0 Å². The maximum atomic E-state index is 12.5. The number of hydrogen-bond acceptors (Lipinski definition) is 3. The number of nitrogens with one attached hydrogen (secondary N) is 2. The van der Waals surface area contributed by atoms with Crippen LogP contribution in [0.1, 0.15) is 29.8 Å². The van der Waals surface area contributed by atoms with Crippen LogP contribution >= 0.6 is 11.6 Å². The van der Waals surface area contributed by atoms with Crippen molar-refractivity contribution in [3.8, 4) is 0 Å². The molecular weight excluding hydrogens is 286 g/mol. The minimum absolute atomic E-state index is 0.211. The van der Waals surface area contributed by atoms with Crippen LogP contribution in [0.4, 0.5) is 11.4 Å². The van der Waals surface area contributed by atoms with Crippen LogP contribution in [0.3, 0.4) is 0 Å². The van der Waals surface area contributed by atoms with Gasteiger partial charge in [-0.1, -0.05) is 23.7 Å². The van der Waals surface area contributed by atoms with Gasteiger partial charge in [-0.2, -0.15) is 0 Å². The summed E-state index contributed by atoms with van der Waals surface area (Å²) in [7, 11) is 0. The fourth-order valence-corrected chi connectivity index (χ4v) is 2.23. The smallest absolute Gasteiger partial charge is 0.257 e. The van der Waals surface area contributed by atoms with E-state index in [1.807, 2.05) is 39.0 Å². The quantitative estimate of drug-likeness (QED) is 0.836. The van der Waals surface area contributed by atoms with Crippen LogP contribution < -0.4 is 10.6 Å². The lowest BCUT2D eigenvalue weighted by Gasteiger charge is -2.15. The number of anilines is 2. The van der Waals surface area contributed by atoms with E-state index < -0.39 is 0 Å². The highest BCUT2D eigenvalue weighted by Gasteiger charge is 2.14. The highest BCUT2D eigenvalue weighted by atomic mass is 35.5. The minimum atomic E-state index is -0.211. The molecule has 110 valence electrons. The summed E-state index contributed by atoms with van der Waals surface area (Å²) in [4.78, 5) is 16.5. The van der Waals surface area contributed by atoms with Gasteiger partial charge < -0.3 is 10.6 Å². The molecule has 0 spiro atoms. The number of halogens is 1. The van der Waals surface area contributed by atoms with Crippen molar-refractivity contribution in [2.45, 2.75) is 26.8 Å². The van der Waals surface area contributed by atoms with Gasteiger partial charge in [-0.15, -0.1) is 0 Å². The zero-order valence-corrected chi connectivity index (χ0v) is 13.0. The summed E-state index contributed by atoms with van der Waals surface area (Å²) in [5.74, 6) is -0.211. The summed E-state index contributed by atoms with van der Waals surface area (Å²) in [6, 6.07) is 9.43. The predicted molar refractivity (Wildman–Crippen MR) is 87.1 cm³/mol. The third kappa shape index (κ3) is 3.73. The Morgan fingerprint density at radius 3 is 2.62 bits per heavy atom. The van der Waals surface area contributed by atoms with E-state index >= 15 is 0 Å². The summed E-state index contributed by atoms with van der Waals surface area (Å²) in [6.45, 7) is 5.93. The number of carbonyl (C=O) groups excluding carboxylic acids is 1. The molecule has 2 N–H and O–H groups in total. The molecule has 21 heavy (non-hydrogen) atoms. The molecule has 0 saturated carbocycles. The number of carbonyl (C=O) groups is 1. The number of nitrogens with zero attached hydrogens (tertiary/aromatic N) is 1. The lowest BCUT2D eigenvalue weighted by Crippen LogP contribution is -2.18. The van der Waals surface area contributed by atoms with Gasteiger partial charge in [-0.05, 0) is 44.5 Å². The van der Waals surface area contributed by atoms with Crippen molar-refractivity contribution in [1.82, 2.24) is 4.98 Å². The van der Waals surface area contributed by atoms with Crippen LogP contribution in [-0.4, -0.2) is 16.9 Å². The predicted octanol–water partition coefficient (Wildman–Crippen LogP) is 4.12. The van der Waals surface area contributed by atoms with Crippen molar-refractivity contribution in [2.24, 2.45) is 0 Å². The third-order valence-corrected chi connectivity index (χ3v) is 3.25. The van der Waals surface area contributed by atoms with Crippen molar-refractivity contribution in [3.63, 3.8) is 0 Å². The molecule has 2 aromatic rings. The fraction of sp³-hybridized carbons (Fsp3) is 0.250. The molecule has 1 aromatic heterocycles. The average Bonchev–Trinajstić information content (AvgIpc) is 2.43. The summed E-state index contributed by atoms with van der Waals surface area (Å²) in [5, 5.41) is 6.38. The molecule has 0 bridgehead atoms. The lowest BCUT2D eigenvalue weighted by molar-refractivity contribution is 0.102. The standard InChI is InChI=1S/C16H18ClN3O/c1-10(2)19-13-7-5-4-6-12(13)16(21)20-14-11(3)8-9-18-15(14)17/h4-10,19H,1-3H3,(H,20,21). The molecule has 0 radical (unpaired) electrons. The van der Waals surface area contributed by atoms with Crippen LogP contribution in [0.15, 0.2) is 36.5 Å². The van der Waals surface area contributed by atoms with E-state index in [0.717, 1.165) is 11.3 Å². The Labute approximate surface area is 129 Å². The topological polar surface area (TPSA) is 54.0 Å². The minimum Gasteiger partial charge on any atom is -0.382 e. The van der Waals surface area contributed by atoms with Gasteiger partial charge >= 0.3 is 0 Å². The Bertz CT molecular complexity index is 635. The molecule has 0 saturated heterocycles. The number of hydrogen-bond donors (Lipinski definition) is 2. The summed E-state index contributed by atoms with van der Waals surface area (Å²) >= 11 is 6.04. The SMILES string of the molecule is Cc1ccnc(Cl)c1NC(=O)c1ccccc1NC(C)C. The van der Waals surface area contributed by atoms with Crippen molar-refractivity contribution < 1.29 is 4.79 Å². The second-order valence-electron chi connectivity index (χ2n) is 5.09. The second kappa shape index (κ2) is 6.59. The zero-order chi connectivity index (χ0) is 15.4. The van der Waals surface area contributed by atoms with Gasteiger partial charge in [0.2, 0.25) is 0 Å². The molecular formula is C16H18ClN3O. The van der Waals surface area contributed by atoms with Crippen LogP contribution in [0.2, 0.25) is 5.15 Å². The van der Waals surface area contributed by atoms with Gasteiger partial charge in [0.1, 0.15) is 0 Å². The van der Waals surface area contributed by atoms with Crippen LogP contribution in [0, 0.1) is 6.92 Å². The first-order valence-corrected chi connectivity index (χ1v) is 7.15. The Morgan fingerprint density at radius 1 is 1.24 bits per heavy atom. The van der Waals surface area contributed by atoms with Gasteiger partial charge in [0.25, 0.3) is 5.91 Å². The van der Waals surface area contributed by atoms with E-state index in [-0.39, 0.29) is 17.1 Å². The molecule has 1 aromatic carbocycles. The Hall–Kier alpha value is -2.07. The highest BCUT2D eigenvalue weighted by molar-refractivity contribution is 6.33. The Balaban J connectivity index is 2.29. The lowest BCUT2D eigenvalue weighted by atomic mass is 10.1. The largest absolute Gasteiger partial charge is 0.382 e. The zero-order valence-electron chi connectivity index (χ0n) is 12.3. The normalized spacial score (nSPS) is 10.5. The molecule has 0 unspecified atom stereocenters. The highest BCUT2D eigenvalue weighted by Crippen LogP contribution is 2.25. The number of para-hydroxylation sites is 1. The molecule has 5 heteroatoms. The summed E-state index contributed by atoms with van der Waals surface area (Å²) in [6.07, 6.45) is 1.61. The molecule has 0 fully saturated rings. The van der Waals surface area contributed by atoms with Crippen molar-refractivity contribution in [3.05, 3.63) is 52.8 Å². The average molecular weight is 304 g/mol. The maximum Gasteiger partial charge on any atom is 0.257 e. The number of benzene rings is 1. The monoisotopic (exact) mass is 303 g/mol.